The molecule has 2 N–H and O–H groups in total. The summed E-state index contributed by atoms with van der Waals surface area (Å²) in [6.45, 7) is 4.91. The summed E-state index contributed by atoms with van der Waals surface area (Å²) in [5, 5.41) is 8.13. The summed E-state index contributed by atoms with van der Waals surface area (Å²) in [6.07, 6.45) is 4.24. The molecule has 0 saturated heterocycles. The molecular formula is C13H17N5OS. The fourth-order valence-corrected chi connectivity index (χ4v) is 2.14. The van der Waals surface area contributed by atoms with Crippen molar-refractivity contribution in [3.8, 4) is 0 Å². The van der Waals surface area contributed by atoms with Gasteiger partial charge in [-0.3, -0.25) is 4.79 Å². The van der Waals surface area contributed by atoms with Gasteiger partial charge in [0.15, 0.2) is 5.13 Å². The minimum atomic E-state index is -0.149. The van der Waals surface area contributed by atoms with Crippen molar-refractivity contribution in [2.45, 2.75) is 20.3 Å². The highest BCUT2D eigenvalue weighted by Gasteiger charge is 2.11. The van der Waals surface area contributed by atoms with E-state index in [2.05, 4.69) is 39.4 Å². The molecule has 2 heterocycles. The van der Waals surface area contributed by atoms with Crippen molar-refractivity contribution in [1.82, 2.24) is 20.3 Å². The first-order valence-electron chi connectivity index (χ1n) is 6.43. The third kappa shape index (κ3) is 4.27. The second kappa shape index (κ2) is 6.95. The second-order valence-electron chi connectivity index (χ2n) is 4.67. The molecule has 7 heteroatoms. The normalized spacial score (nSPS) is 10.6. The van der Waals surface area contributed by atoms with Crippen LogP contribution in [0.3, 0.4) is 0 Å². The van der Waals surface area contributed by atoms with Crippen molar-refractivity contribution >= 4 is 28.3 Å². The van der Waals surface area contributed by atoms with Crippen LogP contribution in [0.15, 0.2) is 23.8 Å². The van der Waals surface area contributed by atoms with Gasteiger partial charge in [0.1, 0.15) is 5.69 Å². The smallest absolute Gasteiger partial charge is 0.270 e. The maximum atomic E-state index is 11.9. The summed E-state index contributed by atoms with van der Waals surface area (Å²) in [4.78, 5) is 24.2. The maximum absolute atomic E-state index is 11.9. The van der Waals surface area contributed by atoms with E-state index in [9.17, 15) is 4.79 Å². The fraction of sp³-hybridized carbons (Fsp3) is 0.385. The Morgan fingerprint density at radius 3 is 2.80 bits per heavy atom. The van der Waals surface area contributed by atoms with Crippen molar-refractivity contribution in [1.29, 1.82) is 0 Å². The van der Waals surface area contributed by atoms with E-state index in [1.165, 1.54) is 11.3 Å². The third-order valence-electron chi connectivity index (χ3n) is 2.53. The lowest BCUT2D eigenvalue weighted by atomic mass is 10.1. The lowest BCUT2D eigenvalue weighted by Gasteiger charge is -2.05. The average Bonchev–Trinajstić information content (AvgIpc) is 2.88. The summed E-state index contributed by atoms with van der Waals surface area (Å²) in [5.41, 5.74) is 0.414. The molecule has 0 atom stereocenters. The van der Waals surface area contributed by atoms with Gasteiger partial charge in [-0.25, -0.2) is 15.0 Å². The number of carbonyl (C=O) groups excluding carboxylic acids is 1. The van der Waals surface area contributed by atoms with Crippen molar-refractivity contribution in [3.63, 3.8) is 0 Å². The van der Waals surface area contributed by atoms with Gasteiger partial charge in [0.2, 0.25) is 5.95 Å². The van der Waals surface area contributed by atoms with Gasteiger partial charge in [-0.1, -0.05) is 13.8 Å². The van der Waals surface area contributed by atoms with Gasteiger partial charge in [-0.15, -0.1) is 11.3 Å². The van der Waals surface area contributed by atoms with E-state index in [0.717, 1.165) is 6.42 Å². The number of aromatic nitrogens is 3. The first-order chi connectivity index (χ1) is 9.65. The molecule has 0 fully saturated rings. The molecular weight excluding hydrogens is 274 g/mol. The van der Waals surface area contributed by atoms with E-state index in [0.29, 0.717) is 29.2 Å². The molecule has 0 aliphatic rings. The topological polar surface area (TPSA) is 79.8 Å². The highest BCUT2D eigenvalue weighted by atomic mass is 32.1. The van der Waals surface area contributed by atoms with E-state index in [-0.39, 0.29) is 5.91 Å². The summed E-state index contributed by atoms with van der Waals surface area (Å²) < 4.78 is 0. The largest absolute Gasteiger partial charge is 0.351 e. The van der Waals surface area contributed by atoms with Gasteiger partial charge in [-0.2, -0.15) is 0 Å². The van der Waals surface area contributed by atoms with Crippen molar-refractivity contribution in [2.24, 2.45) is 5.92 Å². The summed E-state index contributed by atoms with van der Waals surface area (Å²) in [5.74, 6) is 0.885. The van der Waals surface area contributed by atoms with Gasteiger partial charge >= 0.3 is 0 Å². The molecule has 0 saturated carbocycles. The molecule has 1 amide bonds. The Morgan fingerprint density at radius 2 is 2.10 bits per heavy atom. The number of nitrogens with zero attached hydrogens (tertiary/aromatic N) is 3. The molecule has 2 rings (SSSR count). The maximum Gasteiger partial charge on any atom is 0.270 e. The molecule has 6 nitrogen and oxygen atoms in total. The Hall–Kier alpha value is -2.02. The van der Waals surface area contributed by atoms with Crippen molar-refractivity contribution < 1.29 is 4.79 Å². The number of hydrogen-bond donors (Lipinski definition) is 2. The molecule has 0 aliphatic heterocycles. The highest BCUT2D eigenvalue weighted by Crippen LogP contribution is 2.18. The third-order valence-corrected chi connectivity index (χ3v) is 3.29. The van der Waals surface area contributed by atoms with Crippen LogP contribution in [-0.2, 0) is 0 Å². The monoisotopic (exact) mass is 291 g/mol. The number of carbonyl (C=O) groups is 1. The number of amides is 1. The van der Waals surface area contributed by atoms with Crippen LogP contribution in [-0.4, -0.2) is 27.4 Å². The molecule has 0 radical (unpaired) electrons. The zero-order valence-corrected chi connectivity index (χ0v) is 12.3. The molecule has 0 unspecified atom stereocenters. The Morgan fingerprint density at radius 1 is 1.35 bits per heavy atom. The summed E-state index contributed by atoms with van der Waals surface area (Å²) in [6, 6.07) is 1.74. The van der Waals surface area contributed by atoms with Crippen LogP contribution in [0, 0.1) is 5.92 Å². The van der Waals surface area contributed by atoms with Crippen molar-refractivity contribution in [2.75, 3.05) is 11.9 Å². The predicted octanol–water partition coefficient (Wildman–Crippen LogP) is 2.45. The van der Waals surface area contributed by atoms with Crippen LogP contribution in [0.25, 0.3) is 0 Å². The fourth-order valence-electron chi connectivity index (χ4n) is 1.46. The van der Waals surface area contributed by atoms with Gasteiger partial charge in [0, 0.05) is 24.3 Å². The van der Waals surface area contributed by atoms with Crippen LogP contribution in [0.4, 0.5) is 11.1 Å². The number of rotatable bonds is 6. The SMILES string of the molecule is CC(C)CCNC(=O)c1csc(Nc2ncccn2)n1. The Labute approximate surface area is 121 Å². The molecule has 0 bridgehead atoms. The van der Waals surface area contributed by atoms with Crippen LogP contribution < -0.4 is 10.6 Å². The second-order valence-corrected chi connectivity index (χ2v) is 5.53. The van der Waals surface area contributed by atoms with Crippen LogP contribution in [0.5, 0.6) is 0 Å². The van der Waals surface area contributed by atoms with E-state index >= 15 is 0 Å². The highest BCUT2D eigenvalue weighted by molar-refractivity contribution is 7.14. The standard InChI is InChI=1S/C13H17N5OS/c1-9(2)4-7-14-11(19)10-8-20-13(17-10)18-12-15-5-3-6-16-12/h3,5-6,8-9H,4,7H2,1-2H3,(H,14,19)(H,15,16,17,18). The minimum Gasteiger partial charge on any atom is -0.351 e. The first kappa shape index (κ1) is 14.4. The van der Waals surface area contributed by atoms with Gasteiger partial charge in [-0.05, 0) is 18.4 Å². The van der Waals surface area contributed by atoms with Gasteiger partial charge in [0.05, 0.1) is 0 Å². The molecule has 2 aromatic rings. The summed E-state index contributed by atoms with van der Waals surface area (Å²) in [7, 11) is 0. The van der Waals surface area contributed by atoms with E-state index in [1.807, 2.05) is 0 Å². The molecule has 0 spiro atoms. The Kier molecular flexibility index (Phi) is 5.00. The molecule has 2 aromatic heterocycles. The number of thiazole rings is 1. The lowest BCUT2D eigenvalue weighted by Crippen LogP contribution is -2.25. The van der Waals surface area contributed by atoms with E-state index in [1.54, 1.807) is 23.8 Å². The van der Waals surface area contributed by atoms with Crippen LogP contribution in [0.1, 0.15) is 30.8 Å². The minimum absolute atomic E-state index is 0.149. The van der Waals surface area contributed by atoms with Crippen LogP contribution >= 0.6 is 11.3 Å². The molecule has 0 aromatic carbocycles. The lowest BCUT2D eigenvalue weighted by molar-refractivity contribution is 0.0948. The Bertz CT molecular complexity index is 555. The van der Waals surface area contributed by atoms with Gasteiger partial charge < -0.3 is 10.6 Å². The molecule has 20 heavy (non-hydrogen) atoms. The zero-order valence-electron chi connectivity index (χ0n) is 11.5. The summed E-state index contributed by atoms with van der Waals surface area (Å²) >= 11 is 1.35. The van der Waals surface area contributed by atoms with E-state index < -0.39 is 0 Å². The number of nitrogens with one attached hydrogen (secondary N) is 2. The zero-order chi connectivity index (χ0) is 14.4. The van der Waals surface area contributed by atoms with Crippen molar-refractivity contribution in [3.05, 3.63) is 29.5 Å². The Balaban J connectivity index is 1.90. The average molecular weight is 291 g/mol. The number of hydrogen-bond acceptors (Lipinski definition) is 6. The van der Waals surface area contributed by atoms with Crippen LogP contribution in [0.2, 0.25) is 0 Å². The molecule has 0 aliphatic carbocycles. The molecule has 106 valence electrons. The van der Waals surface area contributed by atoms with Gasteiger partial charge in [0.25, 0.3) is 5.91 Å². The first-order valence-corrected chi connectivity index (χ1v) is 7.31. The quantitative estimate of drug-likeness (QED) is 0.854. The van der Waals surface area contributed by atoms with E-state index in [4.69, 9.17) is 0 Å². The predicted molar refractivity (Wildman–Crippen MR) is 79.2 cm³/mol. The number of anilines is 2.